The summed E-state index contributed by atoms with van der Waals surface area (Å²) in [7, 11) is -3.56. The summed E-state index contributed by atoms with van der Waals surface area (Å²) in [5.74, 6) is -1.14. The quantitative estimate of drug-likeness (QED) is 0.300. The summed E-state index contributed by atoms with van der Waals surface area (Å²) in [5, 5.41) is 8.82. The molecular weight excluding hydrogens is 518 g/mol. The van der Waals surface area contributed by atoms with Crippen LogP contribution in [0.25, 0.3) is 0 Å². The fourth-order valence-corrected chi connectivity index (χ4v) is 5.76. The minimum atomic E-state index is -3.56. The van der Waals surface area contributed by atoms with Crippen molar-refractivity contribution in [1.29, 1.82) is 0 Å². The molecule has 1 atom stereocenters. The van der Waals surface area contributed by atoms with Crippen molar-refractivity contribution in [3.8, 4) is 0 Å². The van der Waals surface area contributed by atoms with Gasteiger partial charge in [-0.25, -0.2) is 13.4 Å². The topological polar surface area (TPSA) is 154 Å². The Hall–Kier alpha value is -3.71. The lowest BCUT2D eigenvalue weighted by atomic mass is 10.1. The van der Waals surface area contributed by atoms with E-state index >= 15 is 0 Å². The fourth-order valence-electron chi connectivity index (χ4n) is 4.56. The zero-order chi connectivity index (χ0) is 27.6. The Kier molecular flexibility index (Phi) is 7.45. The van der Waals surface area contributed by atoms with Crippen molar-refractivity contribution in [2.45, 2.75) is 29.8 Å². The van der Waals surface area contributed by atoms with Crippen molar-refractivity contribution >= 4 is 38.6 Å². The van der Waals surface area contributed by atoms with Crippen LogP contribution in [-0.2, 0) is 25.2 Å². The minimum absolute atomic E-state index is 0.126. The van der Waals surface area contributed by atoms with Gasteiger partial charge in [0.15, 0.2) is 15.7 Å². The van der Waals surface area contributed by atoms with Crippen LogP contribution in [0.1, 0.15) is 25.1 Å². The zero-order valence-corrected chi connectivity index (χ0v) is 22.7. The first-order chi connectivity index (χ1) is 18.7. The second-order valence-corrected chi connectivity index (χ2v) is 12.3. The number of nitrogens with two attached hydrogens (primary N) is 1. The Bertz CT molecular complexity index is 1500. The Balaban J connectivity index is 1.43. The van der Waals surface area contributed by atoms with Gasteiger partial charge in [0, 0.05) is 30.5 Å². The molecule has 39 heavy (non-hydrogen) atoms. The zero-order valence-electron chi connectivity index (χ0n) is 21.9. The van der Waals surface area contributed by atoms with E-state index in [1.807, 2.05) is 17.0 Å². The van der Waals surface area contributed by atoms with Gasteiger partial charge in [-0.3, -0.25) is 15.4 Å². The maximum atomic E-state index is 13.0. The second kappa shape index (κ2) is 10.8. The number of H-pyrrole nitrogens is 1. The summed E-state index contributed by atoms with van der Waals surface area (Å²) >= 11 is 0. The van der Waals surface area contributed by atoms with Gasteiger partial charge in [-0.2, -0.15) is 0 Å². The number of carbonyl (C=O) groups excluding carboxylic acids is 1. The smallest absolute Gasteiger partial charge is 0.238 e. The summed E-state index contributed by atoms with van der Waals surface area (Å²) in [4.78, 5) is 22.8. The number of aromatic nitrogens is 1. The molecule has 206 valence electrons. The normalized spacial score (nSPS) is 19.6. The lowest BCUT2D eigenvalue weighted by Crippen LogP contribution is -2.47. The lowest BCUT2D eigenvalue weighted by molar-refractivity contribution is -0.118. The summed E-state index contributed by atoms with van der Waals surface area (Å²) < 4.78 is 31.4. The van der Waals surface area contributed by atoms with E-state index in [0.29, 0.717) is 60.5 Å². The second-order valence-electron chi connectivity index (χ2n) is 9.85. The van der Waals surface area contributed by atoms with Gasteiger partial charge >= 0.3 is 0 Å². The molecule has 0 aliphatic carbocycles. The van der Waals surface area contributed by atoms with Crippen molar-refractivity contribution in [2.24, 2.45) is 10.7 Å². The number of carbonyl (C=O) groups is 1. The van der Waals surface area contributed by atoms with Crippen LogP contribution in [0.2, 0.25) is 0 Å². The molecule has 3 aromatic rings. The van der Waals surface area contributed by atoms with Gasteiger partial charge in [0.05, 0.1) is 41.3 Å². The highest BCUT2D eigenvalue weighted by atomic mass is 32.2. The summed E-state index contributed by atoms with van der Waals surface area (Å²) in [6.45, 7) is 6.24. The molecule has 1 saturated heterocycles. The molecule has 11 nitrogen and oxygen atoms in total. The first kappa shape index (κ1) is 26.9. The molecule has 1 fully saturated rings. The SMILES string of the molecule is CC(C)S(=O)(=O)c1ccccc1NC1=NC(N)(c2cccc(NC(=O)CN3CCOCC3)c2)Nc2cc[nH]c21. The molecule has 0 spiro atoms. The number of fused-ring (bicyclic) bond motifs is 1. The third kappa shape index (κ3) is 5.69. The van der Waals surface area contributed by atoms with Crippen molar-refractivity contribution < 1.29 is 17.9 Å². The number of amidine groups is 1. The predicted octanol–water partition coefficient (Wildman–Crippen LogP) is 2.52. The van der Waals surface area contributed by atoms with E-state index in [4.69, 9.17) is 15.5 Å². The number of morpholine rings is 1. The fraction of sp³-hybridized carbons (Fsp3) is 0.333. The number of aliphatic imine (C=N–C) groups is 1. The standard InChI is InChI=1S/C27H33N7O4S/c1-18(2)39(36,37)23-9-4-3-8-21(23)31-26-25-22(10-11-29-25)32-27(28,33-26)19-6-5-7-20(16-19)30-24(35)17-34-12-14-38-15-13-34/h3-11,16,18,29,32H,12-15,17,28H2,1-2H3,(H,30,35)(H,31,33). The Morgan fingerprint density at radius 1 is 1.15 bits per heavy atom. The number of amides is 1. The van der Waals surface area contributed by atoms with Crippen LogP contribution < -0.4 is 21.7 Å². The average molecular weight is 552 g/mol. The number of aromatic amines is 1. The van der Waals surface area contributed by atoms with Crippen LogP contribution in [0.5, 0.6) is 0 Å². The third-order valence-corrected chi connectivity index (χ3v) is 8.93. The van der Waals surface area contributed by atoms with E-state index in [-0.39, 0.29) is 17.3 Å². The maximum absolute atomic E-state index is 13.0. The number of benzene rings is 2. The Morgan fingerprint density at radius 3 is 2.69 bits per heavy atom. The summed E-state index contributed by atoms with van der Waals surface area (Å²) in [6.07, 6.45) is 1.75. The molecule has 12 heteroatoms. The Morgan fingerprint density at radius 2 is 1.92 bits per heavy atom. The van der Waals surface area contributed by atoms with Crippen LogP contribution >= 0.6 is 0 Å². The molecule has 1 unspecified atom stereocenters. The van der Waals surface area contributed by atoms with Gasteiger partial charge in [-0.15, -0.1) is 0 Å². The molecule has 0 bridgehead atoms. The minimum Gasteiger partial charge on any atom is -0.379 e. The van der Waals surface area contributed by atoms with Crippen LogP contribution in [0.15, 0.2) is 70.7 Å². The van der Waals surface area contributed by atoms with Crippen LogP contribution in [0, 0.1) is 0 Å². The number of nitrogens with one attached hydrogen (secondary N) is 4. The molecule has 5 rings (SSSR count). The first-order valence-electron chi connectivity index (χ1n) is 12.8. The number of nitrogens with zero attached hydrogens (tertiary/aromatic N) is 2. The largest absolute Gasteiger partial charge is 0.379 e. The number of hydrogen-bond acceptors (Lipinski definition) is 9. The van der Waals surface area contributed by atoms with E-state index in [2.05, 4.69) is 20.9 Å². The molecule has 2 aliphatic rings. The van der Waals surface area contributed by atoms with Gasteiger partial charge in [0.1, 0.15) is 5.69 Å². The number of anilines is 3. The van der Waals surface area contributed by atoms with E-state index < -0.39 is 20.9 Å². The number of rotatable bonds is 7. The van der Waals surface area contributed by atoms with Crippen LogP contribution in [-0.4, -0.2) is 68.1 Å². The van der Waals surface area contributed by atoms with Gasteiger partial charge < -0.3 is 25.7 Å². The van der Waals surface area contributed by atoms with Crippen molar-refractivity contribution in [3.63, 3.8) is 0 Å². The van der Waals surface area contributed by atoms with Crippen LogP contribution in [0.4, 0.5) is 17.1 Å². The molecule has 6 N–H and O–H groups in total. The van der Waals surface area contributed by atoms with Gasteiger partial charge in [-0.1, -0.05) is 24.3 Å². The van der Waals surface area contributed by atoms with Crippen LogP contribution in [0.3, 0.4) is 0 Å². The van der Waals surface area contributed by atoms with Gasteiger partial charge in [-0.05, 0) is 44.2 Å². The average Bonchev–Trinajstić information content (AvgIpc) is 3.38. The number of hydrogen-bond donors (Lipinski definition) is 5. The van der Waals surface area contributed by atoms with Crippen molar-refractivity contribution in [2.75, 3.05) is 48.8 Å². The highest BCUT2D eigenvalue weighted by Gasteiger charge is 2.35. The number of sulfone groups is 1. The molecule has 1 aromatic heterocycles. The van der Waals surface area contributed by atoms with E-state index in [1.54, 1.807) is 62.5 Å². The van der Waals surface area contributed by atoms with Crippen molar-refractivity contribution in [3.05, 3.63) is 72.1 Å². The summed E-state index contributed by atoms with van der Waals surface area (Å²) in [6, 6.07) is 15.8. The third-order valence-electron chi connectivity index (χ3n) is 6.72. The molecule has 1 amide bonds. The highest BCUT2D eigenvalue weighted by Crippen LogP contribution is 2.33. The number of ether oxygens (including phenoxy) is 1. The monoisotopic (exact) mass is 551 g/mol. The van der Waals surface area contributed by atoms with E-state index in [1.165, 1.54) is 0 Å². The molecule has 0 saturated carbocycles. The van der Waals surface area contributed by atoms with Gasteiger partial charge in [0.2, 0.25) is 11.7 Å². The van der Waals surface area contributed by atoms with E-state index in [9.17, 15) is 13.2 Å². The molecule has 3 heterocycles. The Labute approximate surface area is 227 Å². The highest BCUT2D eigenvalue weighted by molar-refractivity contribution is 7.92. The predicted molar refractivity (Wildman–Crippen MR) is 152 cm³/mol. The molecule has 2 aromatic carbocycles. The van der Waals surface area contributed by atoms with Crippen molar-refractivity contribution in [1.82, 2.24) is 9.88 Å². The van der Waals surface area contributed by atoms with E-state index in [0.717, 1.165) is 0 Å². The maximum Gasteiger partial charge on any atom is 0.238 e. The molecule has 0 radical (unpaired) electrons. The van der Waals surface area contributed by atoms with Gasteiger partial charge in [0.25, 0.3) is 0 Å². The number of para-hydroxylation sites is 1. The lowest BCUT2D eigenvalue weighted by Gasteiger charge is -2.33. The molecular formula is C27H33N7O4S. The molecule has 2 aliphatic heterocycles. The summed E-state index contributed by atoms with van der Waals surface area (Å²) in [5.41, 5.74) is 9.76. The first-order valence-corrected chi connectivity index (χ1v) is 14.4.